The van der Waals surface area contributed by atoms with Gasteiger partial charge in [0.2, 0.25) is 0 Å². The Kier molecular flexibility index (Phi) is 10.4. The second-order valence-electron chi connectivity index (χ2n) is 32.9. The molecule has 4 aromatic heterocycles. The number of hydrogen-bond acceptors (Lipinski definition) is 0. The molecule has 5 heteroatoms. The molecule has 22 rings (SSSR count). The second kappa shape index (κ2) is 24.6. The third-order valence-electron chi connectivity index (χ3n) is 23.3. The first-order valence-electron chi connectivity index (χ1n) is 49.3. The molecule has 0 bridgehead atoms. The Morgan fingerprint density at radius 1 is 0.265 bits per heavy atom. The van der Waals surface area contributed by atoms with E-state index in [-0.39, 0.29) is 122 Å². The number of hydrogen-bond donors (Lipinski definition) is 0. The summed E-state index contributed by atoms with van der Waals surface area (Å²) in [6, 6.07) is 51.4. The zero-order valence-corrected chi connectivity index (χ0v) is 63.5. The first-order valence-corrected chi connectivity index (χ1v) is 38.3. The van der Waals surface area contributed by atoms with Gasteiger partial charge in [-0.2, -0.15) is 0 Å². The third-order valence-corrected chi connectivity index (χ3v) is 23.3. The molecule has 0 radical (unpaired) electrons. The van der Waals surface area contributed by atoms with Crippen LogP contribution in [0.25, 0.3) is 186 Å². The summed E-state index contributed by atoms with van der Waals surface area (Å²) in [7, 11) is 0. The van der Waals surface area contributed by atoms with Crippen molar-refractivity contribution in [2.24, 2.45) is 0 Å². The first-order chi connectivity index (χ1) is 64.2. The summed E-state index contributed by atoms with van der Waals surface area (Å²) in [5, 5.41) is 4.00. The van der Waals surface area contributed by atoms with Crippen LogP contribution in [0, 0.1) is 0 Å². The normalized spacial score (nSPS) is 15.5. The van der Waals surface area contributed by atoms with Crippen molar-refractivity contribution < 1.29 is 30.2 Å². The van der Waals surface area contributed by atoms with Crippen molar-refractivity contribution in [2.45, 2.75) is 78.6 Å². The van der Waals surface area contributed by atoms with Crippen LogP contribution in [0.4, 0.5) is 0 Å². The molecule has 0 atom stereocenters. The van der Waals surface area contributed by atoms with Crippen LogP contribution >= 0.6 is 0 Å². The Morgan fingerprint density at radius 2 is 0.584 bits per heavy atom. The van der Waals surface area contributed by atoms with Gasteiger partial charge >= 0.3 is 0 Å². The highest BCUT2D eigenvalue weighted by Gasteiger charge is 2.43. The highest BCUT2D eigenvalue weighted by atomic mass is 15.1. The van der Waals surface area contributed by atoms with Crippen molar-refractivity contribution in [3.8, 4) is 56.1 Å². The van der Waals surface area contributed by atoms with Gasteiger partial charge in [0.25, 0.3) is 6.71 Å². The van der Waals surface area contributed by atoms with Crippen molar-refractivity contribution in [1.29, 1.82) is 0 Å². The van der Waals surface area contributed by atoms with Crippen molar-refractivity contribution >= 4 is 153 Å². The molecule has 4 nitrogen and oxygen atoms in total. The van der Waals surface area contributed by atoms with Gasteiger partial charge in [0, 0.05) is 65.6 Å². The van der Waals surface area contributed by atoms with Gasteiger partial charge in [-0.15, -0.1) is 0 Å². The van der Waals surface area contributed by atoms with Gasteiger partial charge in [-0.05, 0) is 163 Å². The average molecular weight is 1470 g/mol. The maximum Gasteiger partial charge on any atom is 0.252 e. The topological polar surface area (TPSA) is 19.7 Å². The molecule has 0 saturated carbocycles. The Morgan fingerprint density at radius 3 is 0.938 bits per heavy atom. The van der Waals surface area contributed by atoms with E-state index in [1.54, 1.807) is 12.1 Å². The summed E-state index contributed by atoms with van der Waals surface area (Å²) in [5.74, 6) is 0. The van der Waals surface area contributed by atoms with E-state index in [1.807, 2.05) is 191 Å². The summed E-state index contributed by atoms with van der Waals surface area (Å²) in [6.45, 7) is 17.3. The predicted octanol–water partition coefficient (Wildman–Crippen LogP) is 27.0. The van der Waals surface area contributed by atoms with Crippen LogP contribution in [0.2, 0.25) is 0 Å². The van der Waals surface area contributed by atoms with E-state index in [2.05, 4.69) is 74.4 Å². The lowest BCUT2D eigenvalue weighted by Crippen LogP contribution is -2.60. The molecule has 20 aromatic rings. The van der Waals surface area contributed by atoms with E-state index >= 15 is 0 Å². The lowest BCUT2D eigenvalue weighted by atomic mass is 9.34. The number of fused-ring (bicyclic) bond motifs is 24. The van der Waals surface area contributed by atoms with Crippen LogP contribution in [-0.4, -0.2) is 25.0 Å². The van der Waals surface area contributed by atoms with Crippen molar-refractivity contribution in [3.63, 3.8) is 0 Å². The molecular weight excluding hydrogens is 1360 g/mol. The minimum atomic E-state index is -1.79. The largest absolute Gasteiger partial charge is 0.309 e. The lowest BCUT2D eigenvalue weighted by molar-refractivity contribution is 0.550. The van der Waals surface area contributed by atoms with Crippen LogP contribution in [0.1, 0.15) is 109 Å². The molecule has 0 saturated heterocycles. The standard InChI is InChI=1S/C108H83BN4/c1-106(2,3)69-64-86(107(4,5)6)98(87(65-69)108(7,8)9)68-62-96-101-97(63-68)113-103-71(67-36-14-11-15-37-67)51-33-53-85(103)77-43-19-17-39-73(77)75-41-21-23-49-83(75)100-95(111-92-56-30-26-46-80(92)81-47-27-31-57-93(81)111)61-59-89(105(100)113)109(101)88-58-60-94(110-90-54-28-24-44-78(90)79-45-25-29-55-91(79)110)99-82-48-22-20-40-74(82)72-38-16-18-42-76(72)84-52-32-50-70(66-34-12-10-13-35-66)102(84)112(96)104(88)99/h10-65H,1-9H3/i24D,25D,26D,27D,28D,29D,30D,31D,44D,45D,46D,47D,54D,55D,56D,57D,58D,59D,60D,61D,62D,63D. The summed E-state index contributed by atoms with van der Waals surface area (Å²) in [6.07, 6.45) is 0. The number of benzene rings is 16. The van der Waals surface area contributed by atoms with Gasteiger partial charge in [0.05, 0.1) is 85.7 Å². The van der Waals surface area contributed by atoms with Crippen LogP contribution in [0.5, 0.6) is 0 Å². The molecule has 0 amide bonds. The molecule has 113 heavy (non-hydrogen) atoms. The minimum Gasteiger partial charge on any atom is -0.309 e. The highest BCUT2D eigenvalue weighted by molar-refractivity contribution is 7.00. The van der Waals surface area contributed by atoms with Gasteiger partial charge in [0.1, 0.15) is 0 Å². The fraction of sp³-hybridized carbons (Fsp3) is 0.111. The first kappa shape index (κ1) is 47.8. The SMILES string of the molecule is [2H]c1c(-c2c(C(C)(C)C)cc(C(C)(C)C)cc2C(C)(C)C)c([2H])c2c3c1-n1c4c(-c5ccccc5)cccc4c4ccccc4c4ccccc4c4c(-n5c6c([2H])c([2H])c([2H])c([2H])c6c6c([2H])c([2H])c([2H])c([2H])c65)c([2H])c([2H])c(c41)B3c1c([2H])c([2H])c(-n3c4c([2H])c([2H])c([2H])c([2H])c4c4c([2H])c([2H])c([2H])c([2H])c43)c3c4ccccc4c4ccccc4c4cccc(-c5ccccc5)c4n-2c13. The quantitative estimate of drug-likeness (QED) is 0.153. The second-order valence-corrected chi connectivity index (χ2v) is 32.9. The van der Waals surface area contributed by atoms with Crippen LogP contribution in [0.15, 0.2) is 339 Å². The van der Waals surface area contributed by atoms with Crippen LogP contribution in [0.3, 0.4) is 0 Å². The fourth-order valence-electron chi connectivity index (χ4n) is 18.4. The predicted molar refractivity (Wildman–Crippen MR) is 486 cm³/mol. The van der Waals surface area contributed by atoms with Crippen LogP contribution < -0.4 is 16.4 Å². The van der Waals surface area contributed by atoms with Crippen molar-refractivity contribution in [1.82, 2.24) is 18.3 Å². The number of nitrogens with zero attached hydrogens (tertiary/aromatic N) is 4. The molecule has 0 aliphatic carbocycles. The maximum absolute atomic E-state index is 12.7. The third kappa shape index (κ3) is 9.83. The Balaban J connectivity index is 1.17. The molecule has 6 heterocycles. The number of rotatable bonds is 5. The minimum absolute atomic E-state index is 0.0243. The van der Waals surface area contributed by atoms with E-state index in [4.69, 9.17) is 0 Å². The zero-order chi connectivity index (χ0) is 95.2. The Hall–Kier alpha value is -13.2. The van der Waals surface area contributed by atoms with Crippen molar-refractivity contribution in [3.05, 3.63) is 356 Å². The van der Waals surface area contributed by atoms with Crippen LogP contribution in [-0.2, 0) is 16.2 Å². The molecular formula is C108H83BN4. The molecule has 16 aromatic carbocycles. The van der Waals surface area contributed by atoms with E-state index in [0.29, 0.717) is 92.7 Å². The Bertz CT molecular complexity index is 8420. The monoisotopic (exact) mass is 1470 g/mol. The summed E-state index contributed by atoms with van der Waals surface area (Å²) >= 11 is 0. The van der Waals surface area contributed by atoms with E-state index in [9.17, 15) is 30.2 Å². The van der Waals surface area contributed by atoms with Gasteiger partial charge in [-0.25, -0.2) is 0 Å². The van der Waals surface area contributed by atoms with Gasteiger partial charge < -0.3 is 18.3 Å². The van der Waals surface area contributed by atoms with Gasteiger partial charge in [0.15, 0.2) is 0 Å². The van der Waals surface area contributed by atoms with E-state index in [0.717, 1.165) is 16.7 Å². The molecule has 2 aliphatic heterocycles. The number of aromatic nitrogens is 4. The molecule has 538 valence electrons. The summed E-state index contributed by atoms with van der Waals surface area (Å²) in [4.78, 5) is 0. The molecule has 2 aliphatic rings. The molecule has 0 spiro atoms. The summed E-state index contributed by atoms with van der Waals surface area (Å²) in [5.41, 5.74) is 2.06. The molecule has 0 fully saturated rings. The highest BCUT2D eigenvalue weighted by Crippen LogP contribution is 2.51. The zero-order valence-electron chi connectivity index (χ0n) is 85.5. The van der Waals surface area contributed by atoms with Gasteiger partial charge in [-0.3, -0.25) is 0 Å². The average Bonchev–Trinajstić information content (AvgIpc) is 1.64. The van der Waals surface area contributed by atoms with Crippen molar-refractivity contribution in [2.75, 3.05) is 0 Å². The Labute approximate surface area is 689 Å². The molecule has 0 unspecified atom stereocenters. The maximum atomic E-state index is 12.7. The molecule has 0 N–H and O–H groups in total. The van der Waals surface area contributed by atoms with Gasteiger partial charge in [-0.1, -0.05) is 353 Å². The smallest absolute Gasteiger partial charge is 0.252 e. The lowest BCUT2D eigenvalue weighted by Gasteiger charge is -2.38. The van der Waals surface area contributed by atoms with E-state index in [1.165, 1.54) is 9.13 Å². The fourth-order valence-corrected chi connectivity index (χ4v) is 18.4. The summed E-state index contributed by atoms with van der Waals surface area (Å²) < 4.78 is 238. The van der Waals surface area contributed by atoms with E-state index < -0.39 is 144 Å². The number of para-hydroxylation sites is 6.